The van der Waals surface area contributed by atoms with Gasteiger partial charge in [-0.05, 0) is 26.0 Å². The fraction of sp³-hybridized carbons (Fsp3) is 0.471. The minimum atomic E-state index is -3.51. The van der Waals surface area contributed by atoms with Crippen molar-refractivity contribution >= 4 is 15.9 Å². The lowest BCUT2D eigenvalue weighted by Crippen LogP contribution is -2.50. The molecule has 3 rings (SSSR count). The summed E-state index contributed by atoms with van der Waals surface area (Å²) in [4.78, 5) is 18.4. The molecule has 1 aromatic heterocycles. The quantitative estimate of drug-likeness (QED) is 0.778. The van der Waals surface area contributed by atoms with Crippen molar-refractivity contribution < 1.29 is 13.2 Å². The third-order valence-electron chi connectivity index (χ3n) is 4.61. The minimum absolute atomic E-state index is 0.000355. The highest BCUT2D eigenvalue weighted by atomic mass is 32.2. The molecule has 0 bridgehead atoms. The maximum atomic E-state index is 12.7. The van der Waals surface area contributed by atoms with Gasteiger partial charge in [-0.15, -0.1) is 0 Å². The molecule has 1 aromatic carbocycles. The normalized spacial score (nSPS) is 17.2. The average molecular weight is 377 g/mol. The number of carbonyl (C=O) groups is 1. The molecule has 1 fully saturated rings. The van der Waals surface area contributed by atoms with E-state index in [1.54, 1.807) is 40.2 Å². The second kappa shape index (κ2) is 7.55. The second-order valence-electron chi connectivity index (χ2n) is 6.53. The van der Waals surface area contributed by atoms with Crippen molar-refractivity contribution in [1.29, 1.82) is 0 Å². The number of aromatic nitrogens is 3. The Hall–Kier alpha value is -2.26. The van der Waals surface area contributed by atoms with Crippen molar-refractivity contribution in [3.63, 3.8) is 0 Å². The minimum Gasteiger partial charge on any atom is -0.340 e. The monoisotopic (exact) mass is 377 g/mol. The zero-order valence-corrected chi connectivity index (χ0v) is 15.8. The van der Waals surface area contributed by atoms with Crippen molar-refractivity contribution in [2.75, 3.05) is 26.2 Å². The van der Waals surface area contributed by atoms with Crippen LogP contribution in [0.3, 0.4) is 0 Å². The molecule has 0 aliphatic carbocycles. The molecule has 140 valence electrons. The Labute approximate surface area is 153 Å². The van der Waals surface area contributed by atoms with Crippen molar-refractivity contribution in [2.45, 2.75) is 31.2 Å². The van der Waals surface area contributed by atoms with Gasteiger partial charge in [-0.25, -0.2) is 18.1 Å². The number of nitrogens with zero attached hydrogens (tertiary/aromatic N) is 5. The van der Waals surface area contributed by atoms with Crippen LogP contribution in [0.2, 0.25) is 0 Å². The number of amides is 1. The molecule has 1 amide bonds. The molecule has 26 heavy (non-hydrogen) atoms. The molecule has 1 saturated heterocycles. The first-order valence-corrected chi connectivity index (χ1v) is 10.0. The summed E-state index contributed by atoms with van der Waals surface area (Å²) in [5.41, 5.74) is 1.01. The Bertz CT molecular complexity index is 841. The lowest BCUT2D eigenvalue weighted by atomic mass is 10.2. The molecule has 2 aromatic rings. The Kier molecular flexibility index (Phi) is 5.38. The smallest absolute Gasteiger partial charge is 0.243 e. The van der Waals surface area contributed by atoms with Gasteiger partial charge in [0.2, 0.25) is 15.9 Å². The Morgan fingerprint density at radius 1 is 1.15 bits per heavy atom. The number of benzene rings is 1. The molecule has 0 spiro atoms. The first-order valence-electron chi connectivity index (χ1n) is 8.56. The molecule has 1 atom stereocenters. The van der Waals surface area contributed by atoms with Gasteiger partial charge in [-0.2, -0.15) is 9.40 Å². The maximum Gasteiger partial charge on any atom is 0.243 e. The van der Waals surface area contributed by atoms with Crippen molar-refractivity contribution in [3.05, 3.63) is 42.5 Å². The molecule has 0 unspecified atom stereocenters. The highest BCUT2D eigenvalue weighted by Gasteiger charge is 2.30. The molecule has 1 aliphatic rings. The topological polar surface area (TPSA) is 88.4 Å². The van der Waals surface area contributed by atoms with Crippen LogP contribution in [0, 0.1) is 6.92 Å². The predicted molar refractivity (Wildman–Crippen MR) is 95.9 cm³/mol. The fourth-order valence-electron chi connectivity index (χ4n) is 2.96. The van der Waals surface area contributed by atoms with E-state index in [0.29, 0.717) is 37.5 Å². The summed E-state index contributed by atoms with van der Waals surface area (Å²) in [5, 5.41) is 4.05. The van der Waals surface area contributed by atoms with Crippen LogP contribution in [-0.4, -0.2) is 64.5 Å². The van der Waals surface area contributed by atoms with Crippen LogP contribution in [0.4, 0.5) is 0 Å². The Morgan fingerprint density at radius 2 is 1.81 bits per heavy atom. The van der Waals surface area contributed by atoms with E-state index in [1.165, 1.54) is 10.6 Å². The number of sulfonamides is 1. The molecular weight excluding hydrogens is 354 g/mol. The van der Waals surface area contributed by atoms with Crippen LogP contribution in [0.15, 0.2) is 41.8 Å². The lowest BCUT2D eigenvalue weighted by Gasteiger charge is -2.34. The molecule has 8 nitrogen and oxygen atoms in total. The summed E-state index contributed by atoms with van der Waals surface area (Å²) >= 11 is 0. The summed E-state index contributed by atoms with van der Waals surface area (Å²) in [6, 6.07) is 6.75. The summed E-state index contributed by atoms with van der Waals surface area (Å²) < 4.78 is 28.5. The molecule has 0 N–H and O–H groups in total. The van der Waals surface area contributed by atoms with Gasteiger partial charge in [0.15, 0.2) is 0 Å². The highest BCUT2D eigenvalue weighted by Crippen LogP contribution is 2.19. The van der Waals surface area contributed by atoms with E-state index < -0.39 is 10.0 Å². The fourth-order valence-corrected chi connectivity index (χ4v) is 4.38. The zero-order valence-electron chi connectivity index (χ0n) is 14.9. The van der Waals surface area contributed by atoms with Crippen LogP contribution in [-0.2, 0) is 14.8 Å². The van der Waals surface area contributed by atoms with Crippen LogP contribution >= 0.6 is 0 Å². The number of carbonyl (C=O) groups excluding carboxylic acids is 1. The van der Waals surface area contributed by atoms with E-state index in [0.717, 1.165) is 5.56 Å². The van der Waals surface area contributed by atoms with Crippen molar-refractivity contribution in [1.82, 2.24) is 24.0 Å². The van der Waals surface area contributed by atoms with Gasteiger partial charge < -0.3 is 4.90 Å². The second-order valence-corrected chi connectivity index (χ2v) is 8.46. The van der Waals surface area contributed by atoms with E-state index in [2.05, 4.69) is 10.1 Å². The number of hydrogen-bond donors (Lipinski definition) is 0. The Morgan fingerprint density at radius 3 is 2.38 bits per heavy atom. The predicted octanol–water partition coefficient (Wildman–Crippen LogP) is 1.07. The third-order valence-corrected chi connectivity index (χ3v) is 6.52. The van der Waals surface area contributed by atoms with Gasteiger partial charge in [0, 0.05) is 32.6 Å². The van der Waals surface area contributed by atoms with E-state index in [9.17, 15) is 13.2 Å². The van der Waals surface area contributed by atoms with Gasteiger partial charge in [0.05, 0.1) is 10.9 Å². The molecule has 0 saturated carbocycles. The van der Waals surface area contributed by atoms with Gasteiger partial charge in [-0.1, -0.05) is 17.7 Å². The lowest BCUT2D eigenvalue weighted by molar-refractivity contribution is -0.133. The number of rotatable bonds is 5. The van der Waals surface area contributed by atoms with Crippen molar-refractivity contribution in [3.8, 4) is 0 Å². The van der Waals surface area contributed by atoms with Crippen LogP contribution < -0.4 is 0 Å². The van der Waals surface area contributed by atoms with E-state index >= 15 is 0 Å². The highest BCUT2D eigenvalue weighted by molar-refractivity contribution is 7.89. The summed E-state index contributed by atoms with van der Waals surface area (Å²) in [5.74, 6) is 0.000355. The van der Waals surface area contributed by atoms with E-state index in [4.69, 9.17) is 0 Å². The summed E-state index contributed by atoms with van der Waals surface area (Å²) in [6.45, 7) is 5.23. The number of hydrogen-bond acceptors (Lipinski definition) is 5. The average Bonchev–Trinajstić information content (AvgIpc) is 3.17. The maximum absolute atomic E-state index is 12.7. The number of piperazine rings is 1. The molecule has 2 heterocycles. The standard InChI is InChI=1S/C17H23N5O3S/c1-14-3-5-16(6-4-14)26(24,25)21-9-7-20(8-10-21)17(23)11-15(2)22-13-18-12-19-22/h3-6,12-13,15H,7-11H2,1-2H3/t15-/m1/s1. The summed E-state index contributed by atoms with van der Waals surface area (Å²) in [7, 11) is -3.51. The van der Waals surface area contributed by atoms with Gasteiger partial charge >= 0.3 is 0 Å². The first kappa shape index (κ1) is 18.5. The zero-order chi connectivity index (χ0) is 18.7. The van der Waals surface area contributed by atoms with Crippen LogP contribution in [0.25, 0.3) is 0 Å². The van der Waals surface area contributed by atoms with Gasteiger partial charge in [0.1, 0.15) is 12.7 Å². The largest absolute Gasteiger partial charge is 0.340 e. The first-order chi connectivity index (χ1) is 12.4. The van der Waals surface area contributed by atoms with Crippen molar-refractivity contribution in [2.24, 2.45) is 0 Å². The number of aryl methyl sites for hydroxylation is 1. The third kappa shape index (κ3) is 3.94. The van der Waals surface area contributed by atoms with E-state index in [-0.39, 0.29) is 11.9 Å². The molecule has 0 radical (unpaired) electrons. The molecular formula is C17H23N5O3S. The van der Waals surface area contributed by atoms with Crippen LogP contribution in [0.1, 0.15) is 24.9 Å². The Balaban J connectivity index is 1.58. The van der Waals surface area contributed by atoms with E-state index in [1.807, 2.05) is 13.8 Å². The molecule has 9 heteroatoms. The van der Waals surface area contributed by atoms with Crippen LogP contribution in [0.5, 0.6) is 0 Å². The molecule has 1 aliphatic heterocycles. The van der Waals surface area contributed by atoms with Gasteiger partial charge in [0.25, 0.3) is 0 Å². The van der Waals surface area contributed by atoms with Gasteiger partial charge in [-0.3, -0.25) is 4.79 Å². The SMILES string of the molecule is Cc1ccc(S(=O)(=O)N2CCN(C(=O)C[C@@H](C)n3cncn3)CC2)cc1. The summed E-state index contributed by atoms with van der Waals surface area (Å²) in [6.07, 6.45) is 3.34.